The molecule has 1 aliphatic heterocycles. The average Bonchev–Trinajstić information content (AvgIpc) is 3.41. The molecule has 5 nitrogen and oxygen atoms in total. The molecule has 0 unspecified atom stereocenters. The molecular formula is C32H53O5P. The monoisotopic (exact) mass is 548 g/mol. The Morgan fingerprint density at radius 3 is 1.84 bits per heavy atom. The molecule has 2 aromatic rings. The summed E-state index contributed by atoms with van der Waals surface area (Å²) in [5.41, 5.74) is 3.99. The summed E-state index contributed by atoms with van der Waals surface area (Å²) in [5.74, 6) is 1.66. The van der Waals surface area contributed by atoms with Gasteiger partial charge in [0, 0.05) is 6.61 Å². The molecule has 0 spiro atoms. The van der Waals surface area contributed by atoms with Crippen LogP contribution in [0.4, 0.5) is 0 Å². The molecular weight excluding hydrogens is 495 g/mol. The fourth-order valence-corrected chi connectivity index (χ4v) is 8.04. The molecule has 0 saturated heterocycles. The zero-order valence-corrected chi connectivity index (χ0v) is 25.7. The number of hydrogen-bond donors (Lipinski definition) is 0. The zero-order chi connectivity index (χ0) is 27.5. The van der Waals surface area contributed by atoms with E-state index in [0.717, 1.165) is 43.8 Å². The van der Waals surface area contributed by atoms with Crippen LogP contribution in [0.15, 0.2) is 42.5 Å². The predicted octanol–water partition coefficient (Wildman–Crippen LogP) is 7.71. The molecule has 0 atom stereocenters. The molecule has 3 rings (SSSR count). The molecule has 0 fully saturated rings. The van der Waals surface area contributed by atoms with Crippen LogP contribution in [0, 0.1) is 0 Å². The van der Waals surface area contributed by atoms with E-state index in [9.17, 15) is 0 Å². The summed E-state index contributed by atoms with van der Waals surface area (Å²) in [5, 5.41) is 0. The number of ether oxygens (including phenoxy) is 5. The van der Waals surface area contributed by atoms with Gasteiger partial charge in [-0.1, -0.05) is 26.7 Å². The van der Waals surface area contributed by atoms with E-state index in [1.165, 1.54) is 35.8 Å². The van der Waals surface area contributed by atoms with Crippen LogP contribution in [0.3, 0.4) is 0 Å². The van der Waals surface area contributed by atoms with Gasteiger partial charge in [0.15, 0.2) is 11.5 Å². The van der Waals surface area contributed by atoms with Gasteiger partial charge in [0.25, 0.3) is 0 Å². The number of unbranched alkanes of at least 4 members (excludes halogenated alkanes) is 1. The van der Waals surface area contributed by atoms with E-state index < -0.39 is 7.26 Å². The number of benzene rings is 2. The van der Waals surface area contributed by atoms with Crippen LogP contribution in [-0.2, 0) is 33.4 Å². The van der Waals surface area contributed by atoms with Crippen LogP contribution in [-0.4, -0.2) is 58.3 Å². The van der Waals surface area contributed by atoms with Crippen molar-refractivity contribution in [2.45, 2.75) is 73.1 Å². The standard InChI is InChI=1S/C19H30O5.C13H23P/c1-3-5-7-20-8-9-21-10-11-22-14-17-13-19-18(23-15-24-19)12-16(17)6-4-2;1-4-14(5-2,6-3)12-13-10-8-7-9-11-13/h12-13H,3-11,14-15H2,1-2H3;7-11,14H,4-6,12H2,1-3H3. The van der Waals surface area contributed by atoms with E-state index in [2.05, 4.69) is 71.0 Å². The summed E-state index contributed by atoms with van der Waals surface area (Å²) in [6.07, 6.45) is 10.0. The maximum atomic E-state index is 5.75. The molecule has 0 bridgehead atoms. The minimum atomic E-state index is -0.958. The second-order valence-electron chi connectivity index (χ2n) is 10.1. The van der Waals surface area contributed by atoms with Crippen LogP contribution in [0.5, 0.6) is 11.5 Å². The number of rotatable bonds is 18. The molecule has 2 aromatic carbocycles. The Kier molecular flexibility index (Phi) is 16.6. The second-order valence-corrected chi connectivity index (χ2v) is 15.6. The summed E-state index contributed by atoms with van der Waals surface area (Å²) in [4.78, 5) is 0. The van der Waals surface area contributed by atoms with E-state index in [1.807, 2.05) is 6.07 Å². The molecule has 1 aliphatic rings. The summed E-state index contributed by atoms with van der Waals surface area (Å²) >= 11 is 0. The van der Waals surface area contributed by atoms with E-state index in [1.54, 1.807) is 5.56 Å². The Hall–Kier alpha value is -1.65. The molecule has 0 aromatic heterocycles. The van der Waals surface area contributed by atoms with E-state index in [-0.39, 0.29) is 0 Å². The van der Waals surface area contributed by atoms with Gasteiger partial charge in [-0.2, -0.15) is 0 Å². The second kappa shape index (κ2) is 19.4. The van der Waals surface area contributed by atoms with Crippen molar-refractivity contribution < 1.29 is 23.7 Å². The summed E-state index contributed by atoms with van der Waals surface area (Å²) in [7, 11) is -0.958. The molecule has 0 radical (unpaired) electrons. The van der Waals surface area contributed by atoms with Crippen LogP contribution < -0.4 is 9.47 Å². The quantitative estimate of drug-likeness (QED) is 0.141. The van der Waals surface area contributed by atoms with Crippen molar-refractivity contribution in [3.63, 3.8) is 0 Å². The van der Waals surface area contributed by atoms with E-state index in [0.29, 0.717) is 39.8 Å². The first kappa shape index (κ1) is 32.6. The molecule has 0 saturated carbocycles. The number of aryl methyl sites for hydroxylation is 1. The van der Waals surface area contributed by atoms with Gasteiger partial charge in [-0.15, -0.1) is 0 Å². The van der Waals surface area contributed by atoms with Gasteiger partial charge in [0.1, 0.15) is 0 Å². The first-order valence-electron chi connectivity index (χ1n) is 14.8. The Labute approximate surface area is 232 Å². The first-order valence-corrected chi connectivity index (χ1v) is 17.6. The Bertz CT molecular complexity index is 861. The van der Waals surface area contributed by atoms with Crippen molar-refractivity contribution >= 4 is 7.26 Å². The summed E-state index contributed by atoms with van der Waals surface area (Å²) < 4.78 is 27.6. The molecule has 1 heterocycles. The third kappa shape index (κ3) is 11.6. The number of hydrogen-bond acceptors (Lipinski definition) is 5. The van der Waals surface area contributed by atoms with Crippen LogP contribution in [0.2, 0.25) is 0 Å². The molecule has 0 N–H and O–H groups in total. The van der Waals surface area contributed by atoms with Crippen molar-refractivity contribution in [2.75, 3.05) is 58.3 Å². The van der Waals surface area contributed by atoms with Crippen LogP contribution in [0.1, 0.15) is 70.6 Å². The van der Waals surface area contributed by atoms with E-state index in [4.69, 9.17) is 23.7 Å². The van der Waals surface area contributed by atoms with Gasteiger partial charge < -0.3 is 23.7 Å². The average molecular weight is 549 g/mol. The van der Waals surface area contributed by atoms with Gasteiger partial charge in [0.05, 0.1) is 33.0 Å². The number of fused-ring (bicyclic) bond motifs is 1. The van der Waals surface area contributed by atoms with E-state index >= 15 is 0 Å². The fraction of sp³-hybridized carbons (Fsp3) is 0.625. The third-order valence-electron chi connectivity index (χ3n) is 7.53. The molecule has 6 heteroatoms. The molecule has 0 aliphatic carbocycles. The topological polar surface area (TPSA) is 46.2 Å². The normalized spacial score (nSPS) is 12.8. The van der Waals surface area contributed by atoms with Crippen LogP contribution >= 0.6 is 7.26 Å². The molecule has 38 heavy (non-hydrogen) atoms. The summed E-state index contributed by atoms with van der Waals surface area (Å²) in [6.45, 7) is 15.6. The van der Waals surface area contributed by atoms with Gasteiger partial charge in [-0.25, -0.2) is 0 Å². The SMILES string of the molecule is CCCCOCCOCCOCc1cc2c(cc1CCC)OCO2.CC[PH](CC)(CC)Cc1ccccc1. The van der Waals surface area contributed by atoms with Crippen molar-refractivity contribution in [1.82, 2.24) is 0 Å². The fourth-order valence-electron chi connectivity index (χ4n) is 4.68. The van der Waals surface area contributed by atoms with Gasteiger partial charge in [0.2, 0.25) is 6.79 Å². The Morgan fingerprint density at radius 1 is 0.684 bits per heavy atom. The zero-order valence-electron chi connectivity index (χ0n) is 24.7. The summed E-state index contributed by atoms with van der Waals surface area (Å²) in [6, 6.07) is 15.1. The molecule has 216 valence electrons. The van der Waals surface area contributed by atoms with Gasteiger partial charge in [-0.3, -0.25) is 0 Å². The van der Waals surface area contributed by atoms with Crippen molar-refractivity contribution in [2.24, 2.45) is 0 Å². The first-order chi connectivity index (χ1) is 18.6. The Balaban J connectivity index is 0.000000308. The van der Waals surface area contributed by atoms with Crippen molar-refractivity contribution in [1.29, 1.82) is 0 Å². The van der Waals surface area contributed by atoms with Gasteiger partial charge >= 0.3 is 88.6 Å². The maximum absolute atomic E-state index is 5.75. The van der Waals surface area contributed by atoms with Gasteiger partial charge in [-0.05, 0) is 36.1 Å². The third-order valence-corrected chi connectivity index (χ3v) is 13.2. The van der Waals surface area contributed by atoms with Crippen molar-refractivity contribution in [3.05, 3.63) is 59.2 Å². The van der Waals surface area contributed by atoms with Crippen LogP contribution in [0.25, 0.3) is 0 Å². The molecule has 0 amide bonds. The Morgan fingerprint density at radius 2 is 1.26 bits per heavy atom. The van der Waals surface area contributed by atoms with Crippen molar-refractivity contribution in [3.8, 4) is 11.5 Å². The predicted molar refractivity (Wildman–Crippen MR) is 163 cm³/mol. The minimum absolute atomic E-state index is 0.305.